The molecule has 120 valence electrons. The average molecular weight is 322 g/mol. The summed E-state index contributed by atoms with van der Waals surface area (Å²) in [5.41, 5.74) is 0.862. The van der Waals surface area contributed by atoms with Crippen molar-refractivity contribution in [2.45, 2.75) is 30.7 Å². The minimum atomic E-state index is -3.14. The predicted octanol–water partition coefficient (Wildman–Crippen LogP) is 1.43. The maximum Gasteiger partial charge on any atom is 0.230 e. The third-order valence-electron chi connectivity index (χ3n) is 5.25. The molecule has 0 radical (unpaired) electrons. The first kappa shape index (κ1) is 15.5. The number of piperidine rings is 1. The lowest BCUT2D eigenvalue weighted by molar-refractivity contribution is -0.131. The predicted molar refractivity (Wildman–Crippen MR) is 85.0 cm³/mol. The standard InChI is InChI=1S/C16H22N2O3S/c1-17-15(19)14(13-6-4-3-5-7-13)12-16(17)8-10-18(11-9-16)22(2,20)21/h3-7,14H,8-12H2,1-2H3. The molecule has 5 nitrogen and oxygen atoms in total. The molecule has 1 unspecified atom stereocenters. The van der Waals surface area contributed by atoms with E-state index in [-0.39, 0.29) is 17.4 Å². The number of hydrogen-bond acceptors (Lipinski definition) is 3. The van der Waals surface area contributed by atoms with Gasteiger partial charge in [-0.2, -0.15) is 0 Å². The Morgan fingerprint density at radius 3 is 2.27 bits per heavy atom. The first-order valence-electron chi connectivity index (χ1n) is 7.61. The number of benzene rings is 1. The summed E-state index contributed by atoms with van der Waals surface area (Å²) in [6.45, 7) is 0.996. The fraction of sp³-hybridized carbons (Fsp3) is 0.562. The summed E-state index contributed by atoms with van der Waals surface area (Å²) in [6, 6.07) is 9.87. The molecule has 2 heterocycles. The Hall–Kier alpha value is -1.40. The van der Waals surface area contributed by atoms with Gasteiger partial charge in [0.05, 0.1) is 12.2 Å². The SMILES string of the molecule is CN1C(=O)C(c2ccccc2)CC12CCN(S(C)(=O)=O)CC2. The van der Waals surface area contributed by atoms with Gasteiger partial charge >= 0.3 is 0 Å². The molecule has 2 saturated heterocycles. The lowest BCUT2D eigenvalue weighted by Crippen LogP contribution is -2.52. The highest BCUT2D eigenvalue weighted by molar-refractivity contribution is 7.88. The van der Waals surface area contributed by atoms with Crippen LogP contribution < -0.4 is 0 Å². The van der Waals surface area contributed by atoms with Crippen LogP contribution in [0.25, 0.3) is 0 Å². The molecule has 0 saturated carbocycles. The van der Waals surface area contributed by atoms with E-state index in [2.05, 4.69) is 0 Å². The minimum Gasteiger partial charge on any atom is -0.339 e. The van der Waals surface area contributed by atoms with Gasteiger partial charge in [-0.15, -0.1) is 0 Å². The fourth-order valence-electron chi connectivity index (χ4n) is 3.79. The zero-order valence-electron chi connectivity index (χ0n) is 13.0. The first-order chi connectivity index (χ1) is 10.3. The Kier molecular flexibility index (Phi) is 3.77. The summed E-state index contributed by atoms with van der Waals surface area (Å²) < 4.78 is 24.9. The lowest BCUT2D eigenvalue weighted by atomic mass is 9.82. The van der Waals surface area contributed by atoms with Crippen molar-refractivity contribution < 1.29 is 13.2 Å². The van der Waals surface area contributed by atoms with Crippen LogP contribution in [0.4, 0.5) is 0 Å². The number of likely N-dealkylation sites (tertiary alicyclic amines) is 1. The van der Waals surface area contributed by atoms with Crippen LogP contribution in [-0.4, -0.2) is 55.5 Å². The van der Waals surface area contributed by atoms with E-state index in [0.29, 0.717) is 25.9 Å². The molecule has 0 aromatic heterocycles. The van der Waals surface area contributed by atoms with E-state index in [1.165, 1.54) is 10.6 Å². The maximum atomic E-state index is 12.7. The van der Waals surface area contributed by atoms with Crippen molar-refractivity contribution in [2.75, 3.05) is 26.4 Å². The van der Waals surface area contributed by atoms with Crippen molar-refractivity contribution in [1.29, 1.82) is 0 Å². The quantitative estimate of drug-likeness (QED) is 0.827. The number of hydrogen-bond donors (Lipinski definition) is 0. The van der Waals surface area contributed by atoms with Gasteiger partial charge in [-0.3, -0.25) is 4.79 Å². The van der Waals surface area contributed by atoms with Crippen LogP contribution in [0.2, 0.25) is 0 Å². The molecular weight excluding hydrogens is 300 g/mol. The molecule has 0 N–H and O–H groups in total. The number of carbonyl (C=O) groups excluding carboxylic acids is 1. The highest BCUT2D eigenvalue weighted by Crippen LogP contribution is 2.45. The second kappa shape index (κ2) is 5.35. The second-order valence-corrected chi connectivity index (χ2v) is 8.43. The maximum absolute atomic E-state index is 12.7. The average Bonchev–Trinajstić information content (AvgIpc) is 2.73. The van der Waals surface area contributed by atoms with E-state index < -0.39 is 10.0 Å². The van der Waals surface area contributed by atoms with Crippen molar-refractivity contribution in [3.05, 3.63) is 35.9 Å². The summed E-state index contributed by atoms with van der Waals surface area (Å²) >= 11 is 0. The van der Waals surface area contributed by atoms with Crippen molar-refractivity contribution in [3.63, 3.8) is 0 Å². The summed E-state index contributed by atoms with van der Waals surface area (Å²) in [5.74, 6) is 0.0509. The van der Waals surface area contributed by atoms with Crippen LogP contribution in [-0.2, 0) is 14.8 Å². The highest BCUT2D eigenvalue weighted by Gasteiger charge is 2.51. The molecule has 3 rings (SSSR count). The van der Waals surface area contributed by atoms with Gasteiger partial charge in [0.1, 0.15) is 0 Å². The molecule has 1 amide bonds. The van der Waals surface area contributed by atoms with Gasteiger partial charge in [-0.25, -0.2) is 12.7 Å². The van der Waals surface area contributed by atoms with E-state index >= 15 is 0 Å². The summed E-state index contributed by atoms with van der Waals surface area (Å²) in [4.78, 5) is 14.5. The van der Waals surface area contributed by atoms with Crippen LogP contribution >= 0.6 is 0 Å². The third kappa shape index (κ3) is 2.54. The Morgan fingerprint density at radius 2 is 1.73 bits per heavy atom. The Morgan fingerprint density at radius 1 is 1.14 bits per heavy atom. The molecule has 1 spiro atoms. The van der Waals surface area contributed by atoms with Crippen molar-refractivity contribution in [2.24, 2.45) is 0 Å². The minimum absolute atomic E-state index is 0.101. The van der Waals surface area contributed by atoms with Gasteiger partial charge in [0, 0.05) is 25.7 Å². The molecule has 0 aliphatic carbocycles. The van der Waals surface area contributed by atoms with E-state index in [1.54, 1.807) is 0 Å². The third-order valence-corrected chi connectivity index (χ3v) is 6.55. The van der Waals surface area contributed by atoms with E-state index in [1.807, 2.05) is 42.3 Å². The monoisotopic (exact) mass is 322 g/mol. The normalized spacial score (nSPS) is 25.8. The molecule has 1 atom stereocenters. The molecule has 2 fully saturated rings. The molecule has 0 bridgehead atoms. The molecular formula is C16H22N2O3S. The topological polar surface area (TPSA) is 57.7 Å². The van der Waals surface area contributed by atoms with Crippen molar-refractivity contribution in [1.82, 2.24) is 9.21 Å². The van der Waals surface area contributed by atoms with E-state index in [0.717, 1.165) is 12.0 Å². The number of carbonyl (C=O) groups is 1. The van der Waals surface area contributed by atoms with Crippen LogP contribution in [0, 0.1) is 0 Å². The smallest absolute Gasteiger partial charge is 0.230 e. The molecule has 22 heavy (non-hydrogen) atoms. The summed E-state index contributed by atoms with van der Waals surface area (Å²) in [7, 11) is -1.28. The Labute approximate surface area is 132 Å². The number of likely N-dealkylation sites (N-methyl/N-ethyl adjacent to an activating group) is 1. The van der Waals surface area contributed by atoms with Crippen molar-refractivity contribution in [3.8, 4) is 0 Å². The van der Waals surface area contributed by atoms with Crippen LogP contribution in [0.5, 0.6) is 0 Å². The Bertz CT molecular complexity index is 664. The number of nitrogens with zero attached hydrogens (tertiary/aromatic N) is 2. The lowest BCUT2D eigenvalue weighted by Gasteiger charge is -2.42. The zero-order chi connectivity index (χ0) is 16.0. The first-order valence-corrected chi connectivity index (χ1v) is 9.46. The van der Waals surface area contributed by atoms with E-state index in [9.17, 15) is 13.2 Å². The van der Waals surface area contributed by atoms with Gasteiger partial charge < -0.3 is 4.90 Å². The van der Waals surface area contributed by atoms with Crippen LogP contribution in [0.15, 0.2) is 30.3 Å². The van der Waals surface area contributed by atoms with Crippen LogP contribution in [0.1, 0.15) is 30.7 Å². The number of amides is 1. The zero-order valence-corrected chi connectivity index (χ0v) is 13.8. The number of rotatable bonds is 2. The van der Waals surface area contributed by atoms with Gasteiger partial charge in [0.15, 0.2) is 0 Å². The fourth-order valence-corrected chi connectivity index (χ4v) is 4.64. The highest BCUT2D eigenvalue weighted by atomic mass is 32.2. The second-order valence-electron chi connectivity index (χ2n) is 6.45. The van der Waals surface area contributed by atoms with Gasteiger partial charge in [0.2, 0.25) is 15.9 Å². The summed E-state index contributed by atoms with van der Waals surface area (Å²) in [5, 5.41) is 0. The van der Waals surface area contributed by atoms with Crippen molar-refractivity contribution >= 4 is 15.9 Å². The molecule has 1 aromatic rings. The van der Waals surface area contributed by atoms with Gasteiger partial charge in [-0.05, 0) is 24.8 Å². The molecule has 2 aliphatic heterocycles. The van der Waals surface area contributed by atoms with E-state index in [4.69, 9.17) is 0 Å². The van der Waals surface area contributed by atoms with Crippen LogP contribution in [0.3, 0.4) is 0 Å². The Balaban J connectivity index is 1.81. The molecule has 1 aromatic carbocycles. The number of sulfonamides is 1. The molecule has 2 aliphatic rings. The van der Waals surface area contributed by atoms with Gasteiger partial charge in [0.25, 0.3) is 0 Å². The summed E-state index contributed by atoms with van der Waals surface area (Å²) in [6.07, 6.45) is 3.46. The molecule has 6 heteroatoms. The largest absolute Gasteiger partial charge is 0.339 e. The van der Waals surface area contributed by atoms with Gasteiger partial charge in [-0.1, -0.05) is 30.3 Å².